The number of benzene rings is 2. The maximum Gasteiger partial charge on any atom is 0.312 e. The van der Waals surface area contributed by atoms with E-state index in [0.29, 0.717) is 30.6 Å². The summed E-state index contributed by atoms with van der Waals surface area (Å²) in [6.07, 6.45) is 2.37. The highest BCUT2D eigenvalue weighted by Gasteiger charge is 2.21. The Hall–Kier alpha value is -3.79. The molecule has 1 heterocycles. The molecule has 0 radical (unpaired) electrons. The summed E-state index contributed by atoms with van der Waals surface area (Å²) in [7, 11) is 0. The first-order valence-electron chi connectivity index (χ1n) is 9.72. The van der Waals surface area contributed by atoms with Crippen molar-refractivity contribution in [2.75, 3.05) is 13.1 Å². The smallest absolute Gasteiger partial charge is 0.312 e. The van der Waals surface area contributed by atoms with Gasteiger partial charge in [-0.25, -0.2) is 4.79 Å². The van der Waals surface area contributed by atoms with Gasteiger partial charge in [-0.3, -0.25) is 4.79 Å². The van der Waals surface area contributed by atoms with E-state index in [9.17, 15) is 9.59 Å². The summed E-state index contributed by atoms with van der Waals surface area (Å²) in [5, 5.41) is 15.6. The summed E-state index contributed by atoms with van der Waals surface area (Å²) in [5.41, 5.74) is 9.01. The average Bonchev–Trinajstić information content (AvgIpc) is 3.15. The summed E-state index contributed by atoms with van der Waals surface area (Å²) >= 11 is 0. The molecule has 7 heteroatoms. The monoisotopic (exact) mass is 403 g/mol. The molecule has 0 saturated heterocycles. The van der Waals surface area contributed by atoms with Crippen LogP contribution >= 0.6 is 0 Å². The van der Waals surface area contributed by atoms with Crippen LogP contribution in [0.1, 0.15) is 40.9 Å². The van der Waals surface area contributed by atoms with Gasteiger partial charge >= 0.3 is 6.03 Å². The standard InChI is InChI=1S/C23H25N5O2/c1-23(2,14-28-22(25)30)18-6-4-16(5-7-18)21(29)26-10-9-15-3-8-20-19(11-15)17(12-24)13-27-20/h3-8,11,13,27H,9-10,14H2,1-2H3,(H,26,29)(H3,25,28,30). The second kappa shape index (κ2) is 8.70. The predicted molar refractivity (Wildman–Crippen MR) is 116 cm³/mol. The van der Waals surface area contributed by atoms with E-state index in [0.717, 1.165) is 22.0 Å². The highest BCUT2D eigenvalue weighted by molar-refractivity contribution is 5.94. The number of hydrogen-bond donors (Lipinski definition) is 4. The molecule has 30 heavy (non-hydrogen) atoms. The minimum Gasteiger partial charge on any atom is -0.360 e. The zero-order chi connectivity index (χ0) is 21.7. The number of aromatic nitrogens is 1. The number of nitrogens with two attached hydrogens (primary N) is 1. The van der Waals surface area contributed by atoms with E-state index in [1.54, 1.807) is 18.3 Å². The lowest BCUT2D eigenvalue weighted by Crippen LogP contribution is -2.39. The van der Waals surface area contributed by atoms with Gasteiger partial charge in [0.15, 0.2) is 0 Å². The van der Waals surface area contributed by atoms with Crippen LogP contribution in [0.3, 0.4) is 0 Å². The number of rotatable bonds is 7. The minimum atomic E-state index is -0.557. The van der Waals surface area contributed by atoms with Crippen LogP contribution in [0.15, 0.2) is 48.7 Å². The van der Waals surface area contributed by atoms with Gasteiger partial charge in [0, 0.05) is 41.2 Å². The van der Waals surface area contributed by atoms with E-state index >= 15 is 0 Å². The molecule has 0 unspecified atom stereocenters. The first kappa shape index (κ1) is 20.9. The highest BCUT2D eigenvalue weighted by Crippen LogP contribution is 2.23. The highest BCUT2D eigenvalue weighted by atomic mass is 16.2. The van der Waals surface area contributed by atoms with Crippen molar-refractivity contribution in [3.63, 3.8) is 0 Å². The van der Waals surface area contributed by atoms with Crippen LogP contribution in [0.4, 0.5) is 4.79 Å². The van der Waals surface area contributed by atoms with Crippen molar-refractivity contribution >= 4 is 22.8 Å². The maximum atomic E-state index is 12.4. The van der Waals surface area contributed by atoms with Crippen molar-refractivity contribution in [2.45, 2.75) is 25.7 Å². The lowest BCUT2D eigenvalue weighted by atomic mass is 9.84. The quantitative estimate of drug-likeness (QED) is 0.485. The number of nitrogens with zero attached hydrogens (tertiary/aromatic N) is 1. The molecule has 3 aromatic rings. The van der Waals surface area contributed by atoms with Crippen molar-refractivity contribution in [3.05, 3.63) is 70.9 Å². The zero-order valence-corrected chi connectivity index (χ0v) is 17.1. The average molecular weight is 403 g/mol. The van der Waals surface area contributed by atoms with E-state index < -0.39 is 6.03 Å². The number of amides is 3. The molecule has 7 nitrogen and oxygen atoms in total. The molecule has 0 bridgehead atoms. The number of carbonyl (C=O) groups is 2. The molecule has 154 valence electrons. The van der Waals surface area contributed by atoms with Gasteiger partial charge in [-0.1, -0.05) is 32.0 Å². The van der Waals surface area contributed by atoms with Crippen molar-refractivity contribution in [1.29, 1.82) is 5.26 Å². The fourth-order valence-corrected chi connectivity index (χ4v) is 3.32. The third-order valence-electron chi connectivity index (χ3n) is 5.20. The molecule has 0 spiro atoms. The molecule has 0 atom stereocenters. The second-order valence-electron chi connectivity index (χ2n) is 7.88. The summed E-state index contributed by atoms with van der Waals surface area (Å²) < 4.78 is 0. The fourth-order valence-electron chi connectivity index (χ4n) is 3.32. The van der Waals surface area contributed by atoms with Crippen LogP contribution in [0, 0.1) is 11.3 Å². The molecule has 0 saturated carbocycles. The number of carbonyl (C=O) groups excluding carboxylic acids is 2. The first-order chi connectivity index (χ1) is 14.3. The van der Waals surface area contributed by atoms with Crippen LogP contribution in [0.5, 0.6) is 0 Å². The molecule has 5 N–H and O–H groups in total. The lowest BCUT2D eigenvalue weighted by Gasteiger charge is -2.25. The number of aromatic amines is 1. The lowest BCUT2D eigenvalue weighted by molar-refractivity contribution is 0.0954. The van der Waals surface area contributed by atoms with Crippen molar-refractivity contribution in [2.24, 2.45) is 5.73 Å². The number of hydrogen-bond acceptors (Lipinski definition) is 3. The van der Waals surface area contributed by atoms with Gasteiger partial charge in [0.25, 0.3) is 5.91 Å². The molecule has 3 rings (SSSR count). The SMILES string of the molecule is CC(C)(CNC(N)=O)c1ccc(C(=O)NCCc2ccc3[nH]cc(C#N)c3c2)cc1. The summed E-state index contributed by atoms with van der Waals surface area (Å²) in [4.78, 5) is 26.5. The minimum absolute atomic E-state index is 0.143. The Bertz CT molecular complexity index is 1110. The van der Waals surface area contributed by atoms with Crippen molar-refractivity contribution in [1.82, 2.24) is 15.6 Å². The van der Waals surface area contributed by atoms with Gasteiger partial charge in [0.1, 0.15) is 6.07 Å². The number of nitriles is 1. The number of urea groups is 1. The van der Waals surface area contributed by atoms with Crippen LogP contribution in [-0.4, -0.2) is 30.0 Å². The summed E-state index contributed by atoms with van der Waals surface area (Å²) in [6.45, 7) is 4.90. The van der Waals surface area contributed by atoms with E-state index in [1.165, 1.54) is 0 Å². The molecular formula is C23H25N5O2. The molecule has 2 aromatic carbocycles. The second-order valence-corrected chi connectivity index (χ2v) is 7.88. The molecule has 0 aliphatic carbocycles. The van der Waals surface area contributed by atoms with Crippen molar-refractivity contribution in [3.8, 4) is 6.07 Å². The summed E-state index contributed by atoms with van der Waals surface area (Å²) in [5.74, 6) is -0.143. The molecule has 1 aromatic heterocycles. The van der Waals surface area contributed by atoms with Gasteiger partial charge in [-0.05, 0) is 41.8 Å². The van der Waals surface area contributed by atoms with E-state index in [1.807, 2.05) is 44.2 Å². The normalized spacial score (nSPS) is 11.1. The van der Waals surface area contributed by atoms with Gasteiger partial charge in [0.05, 0.1) is 5.56 Å². The van der Waals surface area contributed by atoms with Gasteiger partial charge in [-0.15, -0.1) is 0 Å². The number of primary amides is 1. The Labute approximate surface area is 175 Å². The van der Waals surface area contributed by atoms with E-state index in [4.69, 9.17) is 11.0 Å². The van der Waals surface area contributed by atoms with Crippen LogP contribution in [0.2, 0.25) is 0 Å². The molecule has 0 aliphatic rings. The topological polar surface area (TPSA) is 124 Å². The Kier molecular flexibility index (Phi) is 6.07. The Balaban J connectivity index is 1.57. The number of fused-ring (bicyclic) bond motifs is 1. The molecule has 3 amide bonds. The van der Waals surface area contributed by atoms with Crippen LogP contribution in [-0.2, 0) is 11.8 Å². The largest absolute Gasteiger partial charge is 0.360 e. The van der Waals surface area contributed by atoms with Crippen LogP contribution in [0.25, 0.3) is 10.9 Å². The predicted octanol–water partition coefficient (Wildman–Crippen LogP) is 2.96. The van der Waals surface area contributed by atoms with Gasteiger partial charge in [0.2, 0.25) is 0 Å². The summed E-state index contributed by atoms with van der Waals surface area (Å²) in [6, 6.07) is 14.9. The number of H-pyrrole nitrogens is 1. The molecule has 0 fully saturated rings. The van der Waals surface area contributed by atoms with Gasteiger partial charge < -0.3 is 21.4 Å². The van der Waals surface area contributed by atoms with Gasteiger partial charge in [-0.2, -0.15) is 5.26 Å². The third-order valence-corrected chi connectivity index (χ3v) is 5.20. The maximum absolute atomic E-state index is 12.4. The fraction of sp³-hybridized carbons (Fsp3) is 0.261. The zero-order valence-electron chi connectivity index (χ0n) is 17.1. The molecule has 0 aliphatic heterocycles. The Morgan fingerprint density at radius 1 is 1.13 bits per heavy atom. The molecular weight excluding hydrogens is 378 g/mol. The Morgan fingerprint density at radius 3 is 2.53 bits per heavy atom. The number of nitrogens with one attached hydrogen (secondary N) is 3. The van der Waals surface area contributed by atoms with Crippen molar-refractivity contribution < 1.29 is 9.59 Å². The van der Waals surface area contributed by atoms with Crippen LogP contribution < -0.4 is 16.4 Å². The first-order valence-corrected chi connectivity index (χ1v) is 9.72. The van der Waals surface area contributed by atoms with E-state index in [2.05, 4.69) is 21.7 Å². The Morgan fingerprint density at radius 2 is 1.87 bits per heavy atom. The third kappa shape index (κ3) is 4.78. The van der Waals surface area contributed by atoms with E-state index in [-0.39, 0.29) is 11.3 Å².